The van der Waals surface area contributed by atoms with Crippen molar-refractivity contribution in [2.45, 2.75) is 39.3 Å². The van der Waals surface area contributed by atoms with Crippen LogP contribution in [-0.4, -0.2) is 19.8 Å². The van der Waals surface area contributed by atoms with Crippen LogP contribution in [0.25, 0.3) is 0 Å². The molecule has 0 aliphatic heterocycles. The van der Waals surface area contributed by atoms with Crippen LogP contribution in [0.1, 0.15) is 26.7 Å². The van der Waals surface area contributed by atoms with Crippen LogP contribution in [0, 0.1) is 5.41 Å². The Morgan fingerprint density at radius 1 is 1.32 bits per heavy atom. The lowest BCUT2D eigenvalue weighted by atomic mass is 10.0. The minimum atomic E-state index is -2.83. The van der Waals surface area contributed by atoms with Gasteiger partial charge in [-0.1, -0.05) is 6.92 Å². The summed E-state index contributed by atoms with van der Waals surface area (Å²) in [5.41, 5.74) is 0.783. The molecule has 3 nitrogen and oxygen atoms in total. The van der Waals surface area contributed by atoms with Crippen molar-refractivity contribution in [1.82, 2.24) is 0 Å². The number of halogens is 2. The highest BCUT2D eigenvalue weighted by Crippen LogP contribution is 2.49. The van der Waals surface area contributed by atoms with Crippen molar-refractivity contribution in [2.75, 3.05) is 12.4 Å². The molecule has 1 aliphatic carbocycles. The first-order valence-corrected chi connectivity index (χ1v) is 6.34. The molecule has 1 aromatic rings. The molecular weight excluding hydrogens is 252 g/mol. The van der Waals surface area contributed by atoms with Crippen LogP contribution < -0.4 is 14.8 Å². The molecule has 5 heteroatoms. The number of rotatable bonds is 6. The van der Waals surface area contributed by atoms with E-state index < -0.39 is 6.61 Å². The van der Waals surface area contributed by atoms with Gasteiger partial charge in [0.25, 0.3) is 0 Å². The molecule has 0 heterocycles. The number of ether oxygens (including phenoxy) is 2. The molecular formula is C14H19F2NO2. The number of hydrogen-bond donors (Lipinski definition) is 1. The van der Waals surface area contributed by atoms with Crippen LogP contribution in [0.3, 0.4) is 0 Å². The fraction of sp³-hybridized carbons (Fsp3) is 0.571. The molecule has 0 aromatic heterocycles. The standard InChI is InChI=1S/C14H19F2NO2/c1-9(14(2)6-7-14)17-11-8-10(18-3)4-5-12(11)19-13(15)16/h4-5,8-9,13,17H,6-7H2,1-3H3. The molecule has 106 valence electrons. The summed E-state index contributed by atoms with van der Waals surface area (Å²) in [6, 6.07) is 4.97. The number of nitrogens with one attached hydrogen (secondary N) is 1. The maximum atomic E-state index is 12.4. The first-order chi connectivity index (χ1) is 8.94. The second-order valence-corrected chi connectivity index (χ2v) is 5.26. The summed E-state index contributed by atoms with van der Waals surface area (Å²) < 4.78 is 34.4. The molecule has 1 fully saturated rings. The van der Waals surface area contributed by atoms with Gasteiger partial charge < -0.3 is 14.8 Å². The highest BCUT2D eigenvalue weighted by atomic mass is 19.3. The van der Waals surface area contributed by atoms with Crippen LogP contribution in [-0.2, 0) is 0 Å². The van der Waals surface area contributed by atoms with Crippen molar-refractivity contribution >= 4 is 5.69 Å². The zero-order valence-corrected chi connectivity index (χ0v) is 11.4. The Labute approximate surface area is 111 Å². The van der Waals surface area contributed by atoms with E-state index in [-0.39, 0.29) is 17.2 Å². The molecule has 0 spiro atoms. The summed E-state index contributed by atoms with van der Waals surface area (Å²) in [5, 5.41) is 3.25. The van der Waals surface area contributed by atoms with Gasteiger partial charge in [-0.3, -0.25) is 0 Å². The van der Waals surface area contributed by atoms with E-state index in [0.717, 1.165) is 12.8 Å². The number of alkyl halides is 2. The Balaban J connectivity index is 2.19. The molecule has 1 N–H and O–H groups in total. The van der Waals surface area contributed by atoms with Crippen molar-refractivity contribution in [3.8, 4) is 11.5 Å². The minimum absolute atomic E-state index is 0.145. The summed E-state index contributed by atoms with van der Waals surface area (Å²) in [5.74, 6) is 0.754. The Morgan fingerprint density at radius 3 is 2.53 bits per heavy atom. The molecule has 0 radical (unpaired) electrons. The summed E-state index contributed by atoms with van der Waals surface area (Å²) >= 11 is 0. The fourth-order valence-corrected chi connectivity index (χ4v) is 1.99. The zero-order chi connectivity index (χ0) is 14.0. The van der Waals surface area contributed by atoms with Gasteiger partial charge in [-0.15, -0.1) is 0 Å². The normalized spacial score (nSPS) is 18.0. The van der Waals surface area contributed by atoms with Crippen molar-refractivity contribution in [2.24, 2.45) is 5.41 Å². The zero-order valence-electron chi connectivity index (χ0n) is 11.4. The average Bonchev–Trinajstić information content (AvgIpc) is 3.10. The Bertz CT molecular complexity index is 447. The van der Waals surface area contributed by atoms with Gasteiger partial charge in [0, 0.05) is 12.1 Å². The molecule has 1 unspecified atom stereocenters. The van der Waals surface area contributed by atoms with Gasteiger partial charge in [-0.25, -0.2) is 0 Å². The van der Waals surface area contributed by atoms with Gasteiger partial charge in [0.1, 0.15) is 11.5 Å². The van der Waals surface area contributed by atoms with Crippen LogP contribution >= 0.6 is 0 Å². The number of hydrogen-bond acceptors (Lipinski definition) is 3. The van der Waals surface area contributed by atoms with E-state index in [1.54, 1.807) is 19.2 Å². The molecule has 1 saturated carbocycles. The maximum absolute atomic E-state index is 12.4. The molecule has 0 saturated heterocycles. The highest BCUT2D eigenvalue weighted by Gasteiger charge is 2.42. The van der Waals surface area contributed by atoms with Gasteiger partial charge in [-0.2, -0.15) is 8.78 Å². The van der Waals surface area contributed by atoms with Crippen LogP contribution in [0.4, 0.5) is 14.5 Å². The topological polar surface area (TPSA) is 30.5 Å². The Hall–Kier alpha value is -1.52. The summed E-state index contributed by atoms with van der Waals surface area (Å²) in [6.45, 7) is 1.40. The molecule has 0 bridgehead atoms. The maximum Gasteiger partial charge on any atom is 0.387 e. The second-order valence-electron chi connectivity index (χ2n) is 5.26. The van der Waals surface area contributed by atoms with Gasteiger partial charge in [-0.05, 0) is 37.3 Å². The monoisotopic (exact) mass is 271 g/mol. The third-order valence-corrected chi connectivity index (χ3v) is 3.86. The second kappa shape index (κ2) is 5.23. The first-order valence-electron chi connectivity index (χ1n) is 6.34. The van der Waals surface area contributed by atoms with E-state index in [1.807, 2.05) is 0 Å². The molecule has 1 atom stereocenters. The van der Waals surface area contributed by atoms with E-state index in [2.05, 4.69) is 23.9 Å². The largest absolute Gasteiger partial charge is 0.497 e. The SMILES string of the molecule is COc1ccc(OC(F)F)c(NC(C)C2(C)CC2)c1. The van der Waals surface area contributed by atoms with Gasteiger partial charge in [0.15, 0.2) is 0 Å². The fourth-order valence-electron chi connectivity index (χ4n) is 1.99. The molecule has 1 aromatic carbocycles. The summed E-state index contributed by atoms with van der Waals surface area (Å²) in [6.07, 6.45) is 2.30. The van der Waals surface area contributed by atoms with E-state index in [4.69, 9.17) is 4.74 Å². The lowest BCUT2D eigenvalue weighted by molar-refractivity contribution is -0.0494. The molecule has 0 amide bonds. The Morgan fingerprint density at radius 2 is 2.00 bits per heavy atom. The van der Waals surface area contributed by atoms with Crippen LogP contribution in [0.2, 0.25) is 0 Å². The van der Waals surface area contributed by atoms with Gasteiger partial charge in [0.05, 0.1) is 12.8 Å². The van der Waals surface area contributed by atoms with E-state index >= 15 is 0 Å². The number of anilines is 1. The van der Waals surface area contributed by atoms with Crippen molar-refractivity contribution in [3.63, 3.8) is 0 Å². The minimum Gasteiger partial charge on any atom is -0.497 e. The predicted molar refractivity (Wildman–Crippen MR) is 70.1 cm³/mol. The lowest BCUT2D eigenvalue weighted by Crippen LogP contribution is -2.25. The molecule has 19 heavy (non-hydrogen) atoms. The highest BCUT2D eigenvalue weighted by molar-refractivity contribution is 5.60. The first kappa shape index (κ1) is 13.9. The van der Waals surface area contributed by atoms with Gasteiger partial charge >= 0.3 is 6.61 Å². The molecule has 1 aliphatic rings. The number of benzene rings is 1. The lowest BCUT2D eigenvalue weighted by Gasteiger charge is -2.23. The third kappa shape index (κ3) is 3.28. The summed E-state index contributed by atoms with van der Waals surface area (Å²) in [4.78, 5) is 0. The quantitative estimate of drug-likeness (QED) is 0.851. The van der Waals surface area contributed by atoms with E-state index in [9.17, 15) is 8.78 Å². The smallest absolute Gasteiger partial charge is 0.387 e. The van der Waals surface area contributed by atoms with E-state index in [0.29, 0.717) is 11.4 Å². The predicted octanol–water partition coefficient (Wildman–Crippen LogP) is 3.90. The Kier molecular flexibility index (Phi) is 3.83. The summed E-state index contributed by atoms with van der Waals surface area (Å²) in [7, 11) is 1.54. The average molecular weight is 271 g/mol. The third-order valence-electron chi connectivity index (χ3n) is 3.86. The van der Waals surface area contributed by atoms with Crippen molar-refractivity contribution in [3.05, 3.63) is 18.2 Å². The van der Waals surface area contributed by atoms with Crippen molar-refractivity contribution < 1.29 is 18.3 Å². The molecule has 2 rings (SSSR count). The van der Waals surface area contributed by atoms with Gasteiger partial charge in [0.2, 0.25) is 0 Å². The van der Waals surface area contributed by atoms with Crippen LogP contribution in [0.15, 0.2) is 18.2 Å². The van der Waals surface area contributed by atoms with Crippen molar-refractivity contribution in [1.29, 1.82) is 0 Å². The number of methoxy groups -OCH3 is 1. The van der Waals surface area contributed by atoms with Crippen LogP contribution in [0.5, 0.6) is 11.5 Å². The van der Waals surface area contributed by atoms with E-state index in [1.165, 1.54) is 6.07 Å².